The highest BCUT2D eigenvalue weighted by Gasteiger charge is 2.20. The molecule has 1 rings (SSSR count). The summed E-state index contributed by atoms with van der Waals surface area (Å²) < 4.78 is 0. The molecule has 1 aromatic rings. The van der Waals surface area contributed by atoms with Crippen molar-refractivity contribution in [3.05, 3.63) is 35.9 Å². The summed E-state index contributed by atoms with van der Waals surface area (Å²) in [6.45, 7) is 5.01. The van der Waals surface area contributed by atoms with Gasteiger partial charge in [0.2, 0.25) is 11.8 Å². The van der Waals surface area contributed by atoms with Crippen LogP contribution in [-0.4, -0.2) is 48.9 Å². The number of amides is 4. The van der Waals surface area contributed by atoms with Crippen molar-refractivity contribution in [2.45, 2.75) is 45.7 Å². The predicted octanol–water partition coefficient (Wildman–Crippen LogP) is 1.64. The highest BCUT2D eigenvalue weighted by Crippen LogP contribution is 2.04. The third kappa shape index (κ3) is 8.00. The molecule has 0 spiro atoms. The second-order valence-corrected chi connectivity index (χ2v) is 6.14. The number of nitrogens with zero attached hydrogens (tertiary/aromatic N) is 1. The Morgan fingerprint density at radius 2 is 1.81 bits per heavy atom. The smallest absolute Gasteiger partial charge is 0.317 e. The Balaban J connectivity index is 2.55. The Labute approximate surface area is 155 Å². The summed E-state index contributed by atoms with van der Waals surface area (Å²) in [6.07, 6.45) is 1.95. The molecule has 7 nitrogen and oxygen atoms in total. The molecule has 0 fully saturated rings. The summed E-state index contributed by atoms with van der Waals surface area (Å²) in [7, 11) is 1.60. The number of hydrogen-bond acceptors (Lipinski definition) is 3. The van der Waals surface area contributed by atoms with Crippen molar-refractivity contribution >= 4 is 17.8 Å². The van der Waals surface area contributed by atoms with Crippen molar-refractivity contribution in [2.24, 2.45) is 0 Å². The normalized spacial score (nSPS) is 11.3. The molecular formula is C19H30N4O3. The average molecular weight is 362 g/mol. The highest BCUT2D eigenvalue weighted by molar-refractivity contribution is 5.86. The maximum atomic E-state index is 12.4. The van der Waals surface area contributed by atoms with Crippen LogP contribution in [0.15, 0.2) is 30.3 Å². The Kier molecular flexibility index (Phi) is 9.82. The first-order chi connectivity index (χ1) is 12.5. The summed E-state index contributed by atoms with van der Waals surface area (Å²) in [5.41, 5.74) is 0.996. The van der Waals surface area contributed by atoms with Gasteiger partial charge in [-0.1, -0.05) is 37.3 Å². The summed E-state index contributed by atoms with van der Waals surface area (Å²) in [5, 5.41) is 8.17. The van der Waals surface area contributed by atoms with Crippen LogP contribution in [-0.2, 0) is 16.1 Å². The molecule has 0 saturated heterocycles. The predicted molar refractivity (Wildman–Crippen MR) is 101 cm³/mol. The maximum absolute atomic E-state index is 12.4. The molecule has 0 bridgehead atoms. The Morgan fingerprint density at radius 3 is 2.38 bits per heavy atom. The van der Waals surface area contributed by atoms with Gasteiger partial charge in [0.15, 0.2) is 0 Å². The molecule has 0 unspecified atom stereocenters. The molecule has 0 heterocycles. The number of hydrogen-bond donors (Lipinski definition) is 3. The molecule has 0 aliphatic carbocycles. The van der Waals surface area contributed by atoms with Gasteiger partial charge < -0.3 is 20.9 Å². The molecule has 0 aliphatic rings. The van der Waals surface area contributed by atoms with Crippen molar-refractivity contribution in [1.82, 2.24) is 20.9 Å². The van der Waals surface area contributed by atoms with Gasteiger partial charge in [-0.25, -0.2) is 4.79 Å². The van der Waals surface area contributed by atoms with Crippen LogP contribution >= 0.6 is 0 Å². The van der Waals surface area contributed by atoms with Crippen molar-refractivity contribution in [1.29, 1.82) is 0 Å². The second kappa shape index (κ2) is 11.9. The zero-order valence-corrected chi connectivity index (χ0v) is 15.9. The molecule has 144 valence electrons. The van der Waals surface area contributed by atoms with Gasteiger partial charge in [-0.3, -0.25) is 9.59 Å². The molecule has 0 radical (unpaired) electrons. The average Bonchev–Trinajstić information content (AvgIpc) is 2.64. The van der Waals surface area contributed by atoms with Crippen LogP contribution in [0.4, 0.5) is 4.79 Å². The molecule has 7 heteroatoms. The van der Waals surface area contributed by atoms with E-state index < -0.39 is 6.04 Å². The maximum Gasteiger partial charge on any atom is 0.317 e. The lowest BCUT2D eigenvalue weighted by Gasteiger charge is -2.23. The molecule has 3 N–H and O–H groups in total. The number of urea groups is 1. The standard InChI is InChI=1S/C19H30N4O3/c1-4-12-23(19(26)20-3)13-8-11-17(22-15(2)24)18(25)21-14-16-9-6-5-7-10-16/h5-7,9-10,17H,4,8,11-14H2,1-3H3,(H,20,26)(H,21,25)(H,22,24)/t17-/m0/s1. The quantitative estimate of drug-likeness (QED) is 0.591. The minimum Gasteiger partial charge on any atom is -0.350 e. The number of carbonyl (C=O) groups is 3. The first kappa shape index (κ1) is 21.5. The van der Waals surface area contributed by atoms with Gasteiger partial charge in [-0.2, -0.15) is 0 Å². The SMILES string of the molecule is CCCN(CCC[C@H](NC(C)=O)C(=O)NCc1ccccc1)C(=O)NC. The van der Waals surface area contributed by atoms with Gasteiger partial charge in [-0.05, 0) is 24.8 Å². The van der Waals surface area contributed by atoms with Gasteiger partial charge >= 0.3 is 6.03 Å². The van der Waals surface area contributed by atoms with Crippen LogP contribution in [0.1, 0.15) is 38.7 Å². The summed E-state index contributed by atoms with van der Waals surface area (Å²) in [4.78, 5) is 37.4. The van der Waals surface area contributed by atoms with E-state index in [1.807, 2.05) is 37.3 Å². The van der Waals surface area contributed by atoms with Crippen LogP contribution in [0.25, 0.3) is 0 Å². The van der Waals surface area contributed by atoms with E-state index in [1.54, 1.807) is 11.9 Å². The molecule has 0 saturated carbocycles. The molecule has 1 aromatic carbocycles. The molecular weight excluding hydrogens is 332 g/mol. The first-order valence-corrected chi connectivity index (χ1v) is 9.03. The summed E-state index contributed by atoms with van der Waals surface area (Å²) >= 11 is 0. The van der Waals surface area contributed by atoms with E-state index in [0.29, 0.717) is 32.5 Å². The largest absolute Gasteiger partial charge is 0.350 e. The van der Waals surface area contributed by atoms with Crippen molar-refractivity contribution in [3.63, 3.8) is 0 Å². The van der Waals surface area contributed by atoms with E-state index in [-0.39, 0.29) is 17.8 Å². The zero-order valence-electron chi connectivity index (χ0n) is 15.9. The number of rotatable bonds is 10. The Hall–Kier alpha value is -2.57. The van der Waals surface area contributed by atoms with E-state index in [1.165, 1.54) is 6.92 Å². The first-order valence-electron chi connectivity index (χ1n) is 9.03. The van der Waals surface area contributed by atoms with Crippen molar-refractivity contribution in [2.75, 3.05) is 20.1 Å². The lowest BCUT2D eigenvalue weighted by molar-refractivity contribution is -0.128. The lowest BCUT2D eigenvalue weighted by atomic mass is 10.1. The van der Waals surface area contributed by atoms with Crippen LogP contribution in [0.5, 0.6) is 0 Å². The second-order valence-electron chi connectivity index (χ2n) is 6.14. The summed E-state index contributed by atoms with van der Waals surface area (Å²) in [6, 6.07) is 8.86. The summed E-state index contributed by atoms with van der Waals surface area (Å²) in [5.74, 6) is -0.465. The minimum atomic E-state index is -0.607. The molecule has 26 heavy (non-hydrogen) atoms. The van der Waals surface area contributed by atoms with E-state index >= 15 is 0 Å². The van der Waals surface area contributed by atoms with Crippen LogP contribution in [0, 0.1) is 0 Å². The molecule has 0 aromatic heterocycles. The third-order valence-corrected chi connectivity index (χ3v) is 3.92. The topological polar surface area (TPSA) is 90.5 Å². The number of nitrogens with one attached hydrogen (secondary N) is 3. The van der Waals surface area contributed by atoms with E-state index in [4.69, 9.17) is 0 Å². The van der Waals surface area contributed by atoms with Crippen LogP contribution < -0.4 is 16.0 Å². The monoisotopic (exact) mass is 362 g/mol. The van der Waals surface area contributed by atoms with Gasteiger partial charge in [0.25, 0.3) is 0 Å². The molecule has 4 amide bonds. The fraction of sp³-hybridized carbons (Fsp3) is 0.526. The Bertz CT molecular complexity index is 577. The van der Waals surface area contributed by atoms with Crippen molar-refractivity contribution in [3.8, 4) is 0 Å². The van der Waals surface area contributed by atoms with Gasteiger partial charge in [0, 0.05) is 33.6 Å². The fourth-order valence-corrected chi connectivity index (χ4v) is 2.65. The van der Waals surface area contributed by atoms with Crippen LogP contribution in [0.2, 0.25) is 0 Å². The zero-order chi connectivity index (χ0) is 19.4. The lowest BCUT2D eigenvalue weighted by Crippen LogP contribution is -2.46. The number of benzene rings is 1. The van der Waals surface area contributed by atoms with Gasteiger partial charge in [-0.15, -0.1) is 0 Å². The Morgan fingerprint density at radius 1 is 1.12 bits per heavy atom. The fourth-order valence-electron chi connectivity index (χ4n) is 2.65. The minimum absolute atomic E-state index is 0.128. The van der Waals surface area contributed by atoms with Gasteiger partial charge in [0.05, 0.1) is 0 Å². The third-order valence-electron chi connectivity index (χ3n) is 3.92. The highest BCUT2D eigenvalue weighted by atomic mass is 16.2. The van der Waals surface area contributed by atoms with E-state index in [2.05, 4.69) is 16.0 Å². The van der Waals surface area contributed by atoms with Crippen LogP contribution in [0.3, 0.4) is 0 Å². The van der Waals surface area contributed by atoms with Gasteiger partial charge in [0.1, 0.15) is 6.04 Å². The van der Waals surface area contributed by atoms with E-state index in [9.17, 15) is 14.4 Å². The van der Waals surface area contributed by atoms with Crippen molar-refractivity contribution < 1.29 is 14.4 Å². The number of carbonyl (C=O) groups excluding carboxylic acids is 3. The van der Waals surface area contributed by atoms with E-state index in [0.717, 1.165) is 12.0 Å². The molecule has 1 atom stereocenters. The molecule has 0 aliphatic heterocycles.